The number of rotatable bonds is 7. The molecule has 0 bridgehead atoms. The Bertz CT molecular complexity index is 1110. The van der Waals surface area contributed by atoms with Crippen LogP contribution in [-0.2, 0) is 9.84 Å². The number of nitro benzene ring substituents is 1. The Morgan fingerprint density at radius 2 is 1.76 bits per heavy atom. The van der Waals surface area contributed by atoms with Crippen molar-refractivity contribution in [1.82, 2.24) is 5.32 Å². The van der Waals surface area contributed by atoms with Crippen LogP contribution in [0.15, 0.2) is 76.2 Å². The number of nitrogens with zero attached hydrogens (tertiary/aromatic N) is 1. The maximum atomic E-state index is 13.2. The first-order chi connectivity index (χ1) is 13.8. The van der Waals surface area contributed by atoms with Crippen molar-refractivity contribution in [3.05, 3.63) is 94.2 Å². The van der Waals surface area contributed by atoms with Crippen LogP contribution in [0.25, 0.3) is 0 Å². The highest BCUT2D eigenvalue weighted by atomic mass is 32.2. The summed E-state index contributed by atoms with van der Waals surface area (Å²) in [5.74, 6) is -1.07. The minimum atomic E-state index is -4.00. The van der Waals surface area contributed by atoms with Gasteiger partial charge in [0.15, 0.2) is 9.84 Å². The minimum Gasteiger partial charge on any atom is -0.468 e. The molecule has 0 aliphatic heterocycles. The van der Waals surface area contributed by atoms with E-state index in [1.165, 1.54) is 42.7 Å². The summed E-state index contributed by atoms with van der Waals surface area (Å²) in [5, 5.41) is 12.0. The van der Waals surface area contributed by atoms with Crippen LogP contribution >= 0.6 is 0 Å². The van der Waals surface area contributed by atoms with Gasteiger partial charge in [0.25, 0.3) is 11.6 Å². The van der Waals surface area contributed by atoms with Gasteiger partial charge in [0.05, 0.1) is 16.1 Å². The van der Waals surface area contributed by atoms with Crippen molar-refractivity contribution >= 4 is 21.4 Å². The molecule has 1 aromatic heterocycles. The van der Waals surface area contributed by atoms with E-state index in [4.69, 9.17) is 4.42 Å². The van der Waals surface area contributed by atoms with Crippen molar-refractivity contribution in [2.45, 2.75) is 10.1 Å². The summed E-state index contributed by atoms with van der Waals surface area (Å²) in [6, 6.07) is 12.2. The minimum absolute atomic E-state index is 0.110. The summed E-state index contributed by atoms with van der Waals surface area (Å²) in [4.78, 5) is 22.3. The number of nitrogens with one attached hydrogen (secondary N) is 1. The Hall–Kier alpha value is -3.53. The molecule has 2 aromatic carbocycles. The standard InChI is InChI=1S/C19H15FN2O6S/c20-14-5-9-16(10-6-14)29(26,27)18(17-2-1-11-28-17)12-21-19(23)13-3-7-15(8-4-13)22(24)25/h1-11,18H,12H2,(H,21,23)/t18-/m1/s1. The summed E-state index contributed by atoms with van der Waals surface area (Å²) < 4.78 is 44.4. The zero-order chi connectivity index (χ0) is 21.0. The molecule has 0 fully saturated rings. The Morgan fingerprint density at radius 3 is 2.31 bits per heavy atom. The monoisotopic (exact) mass is 418 g/mol. The highest BCUT2D eigenvalue weighted by Crippen LogP contribution is 2.29. The number of hydrogen-bond acceptors (Lipinski definition) is 6. The second-order valence-electron chi connectivity index (χ2n) is 6.02. The molecule has 0 saturated carbocycles. The van der Waals surface area contributed by atoms with E-state index in [0.717, 1.165) is 24.3 Å². The largest absolute Gasteiger partial charge is 0.468 e. The Kier molecular flexibility index (Phi) is 5.74. The molecule has 1 heterocycles. The van der Waals surface area contributed by atoms with Crippen molar-refractivity contribution in [1.29, 1.82) is 0 Å². The van der Waals surface area contributed by atoms with Crippen molar-refractivity contribution in [3.63, 3.8) is 0 Å². The van der Waals surface area contributed by atoms with E-state index in [0.29, 0.717) is 0 Å². The lowest BCUT2D eigenvalue weighted by Gasteiger charge is -2.17. The summed E-state index contributed by atoms with van der Waals surface area (Å²) >= 11 is 0. The Labute approximate surface area is 165 Å². The molecule has 0 radical (unpaired) electrons. The average molecular weight is 418 g/mol. The van der Waals surface area contributed by atoms with E-state index < -0.39 is 31.7 Å². The SMILES string of the molecule is O=C(NC[C@H](c1ccco1)S(=O)(=O)c1ccc(F)cc1)c1ccc([N+](=O)[O-])cc1. The van der Waals surface area contributed by atoms with E-state index in [9.17, 15) is 27.7 Å². The number of nitro groups is 1. The van der Waals surface area contributed by atoms with Gasteiger partial charge in [-0.15, -0.1) is 0 Å². The summed E-state index contributed by atoms with van der Waals surface area (Å²) in [5.41, 5.74) is -0.0399. The lowest BCUT2D eigenvalue weighted by molar-refractivity contribution is -0.384. The van der Waals surface area contributed by atoms with Crippen LogP contribution in [0.1, 0.15) is 21.4 Å². The van der Waals surface area contributed by atoms with Gasteiger partial charge in [-0.05, 0) is 48.5 Å². The molecule has 3 aromatic rings. The molecule has 3 rings (SSSR count). The third kappa shape index (κ3) is 4.49. The quantitative estimate of drug-likeness (QED) is 0.357. The molecule has 0 saturated heterocycles. The highest BCUT2D eigenvalue weighted by molar-refractivity contribution is 7.91. The smallest absolute Gasteiger partial charge is 0.269 e. The number of carbonyl (C=O) groups is 1. The van der Waals surface area contributed by atoms with Gasteiger partial charge < -0.3 is 9.73 Å². The van der Waals surface area contributed by atoms with Crippen LogP contribution in [0.4, 0.5) is 10.1 Å². The topological polar surface area (TPSA) is 120 Å². The lowest BCUT2D eigenvalue weighted by atomic mass is 10.2. The average Bonchev–Trinajstić information content (AvgIpc) is 3.22. The van der Waals surface area contributed by atoms with Gasteiger partial charge in [0.1, 0.15) is 16.8 Å². The number of benzene rings is 2. The predicted octanol–water partition coefficient (Wildman–Crippen LogP) is 3.27. The van der Waals surface area contributed by atoms with Crippen molar-refractivity contribution in [3.8, 4) is 0 Å². The molecule has 1 amide bonds. The molecule has 1 N–H and O–H groups in total. The van der Waals surface area contributed by atoms with Crippen molar-refractivity contribution in [2.24, 2.45) is 0 Å². The molecule has 29 heavy (non-hydrogen) atoms. The maximum absolute atomic E-state index is 13.2. The van der Waals surface area contributed by atoms with Gasteiger partial charge in [-0.3, -0.25) is 14.9 Å². The van der Waals surface area contributed by atoms with Crippen LogP contribution in [0, 0.1) is 15.9 Å². The number of carbonyl (C=O) groups excluding carboxylic acids is 1. The number of halogens is 1. The third-order valence-electron chi connectivity index (χ3n) is 4.17. The summed E-state index contributed by atoms with van der Waals surface area (Å²) in [7, 11) is -4.00. The molecule has 1 atom stereocenters. The fourth-order valence-electron chi connectivity index (χ4n) is 2.65. The zero-order valence-corrected chi connectivity index (χ0v) is 15.6. The number of sulfone groups is 1. The fourth-order valence-corrected chi connectivity index (χ4v) is 4.23. The molecule has 0 unspecified atom stereocenters. The van der Waals surface area contributed by atoms with Gasteiger partial charge >= 0.3 is 0 Å². The third-order valence-corrected chi connectivity index (χ3v) is 6.24. The molecule has 150 valence electrons. The lowest BCUT2D eigenvalue weighted by Crippen LogP contribution is -2.31. The first kappa shape index (κ1) is 20.2. The Morgan fingerprint density at radius 1 is 1.10 bits per heavy atom. The predicted molar refractivity (Wildman–Crippen MR) is 100 cm³/mol. The summed E-state index contributed by atoms with van der Waals surface area (Å²) in [6.45, 7) is -0.316. The van der Waals surface area contributed by atoms with Gasteiger partial charge in [-0.2, -0.15) is 0 Å². The molecule has 10 heteroatoms. The molecule has 8 nitrogen and oxygen atoms in total. The first-order valence-electron chi connectivity index (χ1n) is 8.34. The van der Waals surface area contributed by atoms with E-state index in [2.05, 4.69) is 5.32 Å². The normalized spacial score (nSPS) is 12.3. The summed E-state index contributed by atoms with van der Waals surface area (Å²) in [6.07, 6.45) is 1.31. The highest BCUT2D eigenvalue weighted by Gasteiger charge is 2.32. The van der Waals surface area contributed by atoms with Crippen LogP contribution < -0.4 is 5.32 Å². The molecule has 0 spiro atoms. The maximum Gasteiger partial charge on any atom is 0.269 e. The van der Waals surface area contributed by atoms with E-state index in [1.807, 2.05) is 0 Å². The van der Waals surface area contributed by atoms with E-state index in [-0.39, 0.29) is 28.5 Å². The van der Waals surface area contributed by atoms with Crippen LogP contribution in [0.2, 0.25) is 0 Å². The van der Waals surface area contributed by atoms with Crippen LogP contribution in [0.3, 0.4) is 0 Å². The van der Waals surface area contributed by atoms with E-state index >= 15 is 0 Å². The first-order valence-corrected chi connectivity index (χ1v) is 9.89. The van der Waals surface area contributed by atoms with Gasteiger partial charge in [0.2, 0.25) is 0 Å². The van der Waals surface area contributed by atoms with Crippen LogP contribution in [-0.4, -0.2) is 25.8 Å². The molecule has 0 aliphatic rings. The zero-order valence-electron chi connectivity index (χ0n) is 14.8. The molecular weight excluding hydrogens is 403 g/mol. The fraction of sp³-hybridized carbons (Fsp3) is 0.105. The molecule has 0 aliphatic carbocycles. The van der Waals surface area contributed by atoms with Gasteiger partial charge in [0, 0.05) is 24.2 Å². The van der Waals surface area contributed by atoms with Crippen molar-refractivity contribution in [2.75, 3.05) is 6.54 Å². The number of hydrogen-bond donors (Lipinski definition) is 1. The van der Waals surface area contributed by atoms with Gasteiger partial charge in [-0.25, -0.2) is 12.8 Å². The van der Waals surface area contributed by atoms with Crippen molar-refractivity contribution < 1.29 is 26.9 Å². The van der Waals surface area contributed by atoms with Gasteiger partial charge in [-0.1, -0.05) is 0 Å². The number of non-ortho nitro benzene ring substituents is 1. The number of amides is 1. The second kappa shape index (κ2) is 8.23. The second-order valence-corrected chi connectivity index (χ2v) is 8.15. The Balaban J connectivity index is 1.82. The number of furan rings is 1. The molecular formula is C19H15FN2O6S. The van der Waals surface area contributed by atoms with Crippen LogP contribution in [0.5, 0.6) is 0 Å². The van der Waals surface area contributed by atoms with E-state index in [1.54, 1.807) is 0 Å².